The Hall–Kier alpha value is -1.99. The highest BCUT2D eigenvalue weighted by atomic mass is 35.5. The zero-order chi connectivity index (χ0) is 14.1. The largest absolute Gasteiger partial charge is 0.318 e. The maximum Gasteiger partial charge on any atom is 0.271 e. The van der Waals surface area contributed by atoms with Gasteiger partial charge in [-0.25, -0.2) is 10.4 Å². The van der Waals surface area contributed by atoms with Gasteiger partial charge in [0.15, 0.2) is 0 Å². The molecule has 1 aromatic heterocycles. The predicted octanol–water partition coefficient (Wildman–Crippen LogP) is 2.15. The number of nitrogens with one attached hydrogen (secondary N) is 2. The molecule has 3 rings (SSSR count). The molecule has 0 radical (unpaired) electrons. The van der Waals surface area contributed by atoms with Gasteiger partial charge in [0.2, 0.25) is 5.91 Å². The van der Waals surface area contributed by atoms with Gasteiger partial charge in [-0.05, 0) is 12.1 Å². The van der Waals surface area contributed by atoms with Gasteiger partial charge in [0.1, 0.15) is 11.2 Å². The number of benzene rings is 1. The number of hydrogen-bond acceptors (Lipinski definition) is 5. The molecule has 0 spiro atoms. The SMILES string of the molecule is O=C1CCC(C(=O)Nc2c(Cl)ccc3scnc23)=NN1. The van der Waals surface area contributed by atoms with Gasteiger partial charge in [0.25, 0.3) is 5.91 Å². The van der Waals surface area contributed by atoms with Crippen molar-refractivity contribution >= 4 is 56.4 Å². The van der Waals surface area contributed by atoms with E-state index in [1.807, 2.05) is 6.07 Å². The number of rotatable bonds is 2. The molecule has 0 aliphatic carbocycles. The molecular weight excluding hydrogens is 300 g/mol. The fraction of sp³-hybridized carbons (Fsp3) is 0.167. The van der Waals surface area contributed by atoms with Crippen LogP contribution < -0.4 is 10.7 Å². The van der Waals surface area contributed by atoms with Crippen LogP contribution in [0.25, 0.3) is 10.2 Å². The van der Waals surface area contributed by atoms with Crippen molar-refractivity contribution in [2.45, 2.75) is 12.8 Å². The average molecular weight is 309 g/mol. The van der Waals surface area contributed by atoms with E-state index in [2.05, 4.69) is 20.8 Å². The van der Waals surface area contributed by atoms with E-state index < -0.39 is 0 Å². The van der Waals surface area contributed by atoms with Gasteiger partial charge in [0.05, 0.1) is 20.9 Å². The highest BCUT2D eigenvalue weighted by Crippen LogP contribution is 2.32. The number of carbonyl (C=O) groups excluding carboxylic acids is 2. The van der Waals surface area contributed by atoms with E-state index in [1.54, 1.807) is 11.6 Å². The van der Waals surface area contributed by atoms with E-state index in [-0.39, 0.29) is 23.9 Å². The molecule has 0 unspecified atom stereocenters. The second-order valence-electron chi connectivity index (χ2n) is 4.17. The van der Waals surface area contributed by atoms with Gasteiger partial charge in [-0.2, -0.15) is 5.10 Å². The standard InChI is InChI=1S/C12H9ClN4O2S/c13-6-1-3-8-11(14-5-20-8)10(6)15-12(19)7-2-4-9(18)17-16-7/h1,3,5H,2,4H2,(H,15,19)(H,17,18). The molecule has 1 aliphatic heterocycles. The Balaban J connectivity index is 1.89. The Kier molecular flexibility index (Phi) is 3.37. The van der Waals surface area contributed by atoms with Gasteiger partial charge < -0.3 is 5.32 Å². The first-order chi connectivity index (χ1) is 9.65. The maximum atomic E-state index is 12.1. The van der Waals surface area contributed by atoms with Crippen LogP contribution in [0.5, 0.6) is 0 Å². The Morgan fingerprint density at radius 2 is 2.25 bits per heavy atom. The van der Waals surface area contributed by atoms with Crippen LogP contribution in [0.4, 0.5) is 5.69 Å². The lowest BCUT2D eigenvalue weighted by Crippen LogP contribution is -2.32. The molecule has 1 aromatic carbocycles. The monoisotopic (exact) mass is 308 g/mol. The Morgan fingerprint density at radius 3 is 3.00 bits per heavy atom. The lowest BCUT2D eigenvalue weighted by Gasteiger charge is -2.13. The number of hydrazone groups is 1. The second-order valence-corrected chi connectivity index (χ2v) is 5.46. The number of nitrogens with zero attached hydrogens (tertiary/aromatic N) is 2. The van der Waals surface area contributed by atoms with Gasteiger partial charge in [-0.1, -0.05) is 11.6 Å². The van der Waals surface area contributed by atoms with Gasteiger partial charge >= 0.3 is 0 Å². The topological polar surface area (TPSA) is 83.5 Å². The van der Waals surface area contributed by atoms with Crippen molar-refractivity contribution in [3.8, 4) is 0 Å². The van der Waals surface area contributed by atoms with Gasteiger partial charge in [0, 0.05) is 12.8 Å². The van der Waals surface area contributed by atoms with Gasteiger partial charge in [-0.3, -0.25) is 9.59 Å². The Morgan fingerprint density at radius 1 is 1.40 bits per heavy atom. The van der Waals surface area contributed by atoms with E-state index in [1.165, 1.54) is 11.3 Å². The zero-order valence-corrected chi connectivity index (χ0v) is 11.7. The molecule has 2 heterocycles. The van der Waals surface area contributed by atoms with Crippen molar-refractivity contribution in [2.24, 2.45) is 5.10 Å². The molecule has 0 saturated heterocycles. The number of halogens is 1. The summed E-state index contributed by atoms with van der Waals surface area (Å²) in [6.45, 7) is 0. The first-order valence-electron chi connectivity index (χ1n) is 5.83. The van der Waals surface area contributed by atoms with Crippen molar-refractivity contribution in [3.05, 3.63) is 22.7 Å². The molecular formula is C12H9ClN4O2S. The Bertz CT molecular complexity index is 740. The van der Waals surface area contributed by atoms with Crippen molar-refractivity contribution < 1.29 is 9.59 Å². The minimum Gasteiger partial charge on any atom is -0.318 e. The van der Waals surface area contributed by atoms with E-state index in [0.29, 0.717) is 22.6 Å². The minimum atomic E-state index is -0.382. The molecule has 2 N–H and O–H groups in total. The molecule has 6 nitrogen and oxygen atoms in total. The molecule has 2 amide bonds. The number of hydrogen-bond donors (Lipinski definition) is 2. The smallest absolute Gasteiger partial charge is 0.271 e. The summed E-state index contributed by atoms with van der Waals surface area (Å²) in [4.78, 5) is 27.3. The predicted molar refractivity (Wildman–Crippen MR) is 78.1 cm³/mol. The third-order valence-corrected chi connectivity index (χ3v) is 3.97. The number of carbonyl (C=O) groups is 2. The summed E-state index contributed by atoms with van der Waals surface area (Å²) in [7, 11) is 0. The molecule has 0 saturated carbocycles. The van der Waals surface area contributed by atoms with Crippen molar-refractivity contribution in [1.82, 2.24) is 10.4 Å². The van der Waals surface area contributed by atoms with Crippen LogP contribution in [0.1, 0.15) is 12.8 Å². The lowest BCUT2D eigenvalue weighted by molar-refractivity contribution is -0.121. The summed E-state index contributed by atoms with van der Waals surface area (Å²) < 4.78 is 0.934. The summed E-state index contributed by atoms with van der Waals surface area (Å²) in [5, 5.41) is 6.88. The van der Waals surface area contributed by atoms with Gasteiger partial charge in [-0.15, -0.1) is 11.3 Å². The lowest BCUT2D eigenvalue weighted by atomic mass is 10.1. The molecule has 2 aromatic rings. The summed E-state index contributed by atoms with van der Waals surface area (Å²) in [5.74, 6) is -0.575. The molecule has 102 valence electrons. The number of amides is 2. The zero-order valence-electron chi connectivity index (χ0n) is 10.1. The molecule has 0 atom stereocenters. The summed E-state index contributed by atoms with van der Waals surface area (Å²) in [5.41, 5.74) is 5.36. The third kappa shape index (κ3) is 2.37. The normalized spacial score (nSPS) is 14.8. The quantitative estimate of drug-likeness (QED) is 0.891. The number of thiazole rings is 1. The first-order valence-corrected chi connectivity index (χ1v) is 7.09. The fourth-order valence-corrected chi connectivity index (χ4v) is 2.73. The molecule has 0 bridgehead atoms. The van der Waals surface area contributed by atoms with E-state index in [4.69, 9.17) is 11.6 Å². The maximum absolute atomic E-state index is 12.1. The van der Waals surface area contributed by atoms with Crippen LogP contribution >= 0.6 is 22.9 Å². The van der Waals surface area contributed by atoms with Crippen LogP contribution in [-0.4, -0.2) is 22.5 Å². The van der Waals surface area contributed by atoms with E-state index in [0.717, 1.165) is 4.70 Å². The number of aromatic nitrogens is 1. The highest BCUT2D eigenvalue weighted by molar-refractivity contribution is 7.16. The molecule has 20 heavy (non-hydrogen) atoms. The van der Waals surface area contributed by atoms with Crippen LogP contribution in [0, 0.1) is 0 Å². The highest BCUT2D eigenvalue weighted by Gasteiger charge is 2.20. The second kappa shape index (κ2) is 5.18. The summed E-state index contributed by atoms with van der Waals surface area (Å²) in [6.07, 6.45) is 0.559. The Labute approximate surface area is 122 Å². The number of fused-ring (bicyclic) bond motifs is 1. The van der Waals surface area contributed by atoms with Crippen LogP contribution in [0.2, 0.25) is 5.02 Å². The first kappa shape index (κ1) is 13.0. The van der Waals surface area contributed by atoms with Crippen molar-refractivity contribution in [2.75, 3.05) is 5.32 Å². The fourth-order valence-electron chi connectivity index (χ4n) is 1.85. The average Bonchev–Trinajstić information content (AvgIpc) is 2.91. The minimum absolute atomic E-state index is 0.193. The van der Waals surface area contributed by atoms with E-state index in [9.17, 15) is 9.59 Å². The van der Waals surface area contributed by atoms with Crippen LogP contribution in [0.3, 0.4) is 0 Å². The van der Waals surface area contributed by atoms with Crippen LogP contribution in [-0.2, 0) is 9.59 Å². The molecule has 8 heteroatoms. The molecule has 0 fully saturated rings. The van der Waals surface area contributed by atoms with Crippen LogP contribution in [0.15, 0.2) is 22.7 Å². The van der Waals surface area contributed by atoms with Crippen molar-refractivity contribution in [3.63, 3.8) is 0 Å². The van der Waals surface area contributed by atoms with Crippen molar-refractivity contribution in [1.29, 1.82) is 0 Å². The molecule has 1 aliphatic rings. The summed E-state index contributed by atoms with van der Waals surface area (Å²) in [6, 6.07) is 3.56. The third-order valence-electron chi connectivity index (χ3n) is 2.86. The van der Waals surface area contributed by atoms with E-state index >= 15 is 0 Å². The number of anilines is 1. The summed E-state index contributed by atoms with van der Waals surface area (Å²) >= 11 is 7.57.